The Bertz CT molecular complexity index is 1770. The van der Waals surface area contributed by atoms with E-state index in [4.69, 9.17) is 0 Å². The first-order valence-electron chi connectivity index (χ1n) is 13.4. The molecule has 0 radical (unpaired) electrons. The summed E-state index contributed by atoms with van der Waals surface area (Å²) in [6, 6.07) is 41.2. The number of hydrogen-bond donors (Lipinski definition) is 0. The highest BCUT2D eigenvalue weighted by atomic mass is 127. The fourth-order valence-electron chi connectivity index (χ4n) is 5.22. The van der Waals surface area contributed by atoms with Gasteiger partial charge in [-0.25, -0.2) is 8.78 Å². The number of hydrogen-bond acceptors (Lipinski definition) is 0. The quantitative estimate of drug-likeness (QED) is 0.139. The topological polar surface area (TPSA) is 0 Å². The van der Waals surface area contributed by atoms with Crippen molar-refractivity contribution in [3.8, 4) is 44.5 Å². The van der Waals surface area contributed by atoms with Crippen LogP contribution in [-0.4, -0.2) is 21.1 Å². The highest BCUT2D eigenvalue weighted by molar-refractivity contribution is 6.00. The van der Waals surface area contributed by atoms with Gasteiger partial charge in [0.25, 0.3) is 0 Å². The van der Waals surface area contributed by atoms with Crippen molar-refractivity contribution in [2.45, 2.75) is 0 Å². The summed E-state index contributed by atoms with van der Waals surface area (Å²) >= 11 is 0. The van der Waals surface area contributed by atoms with Gasteiger partial charge in [0.1, 0.15) is 17.3 Å². The fraction of sp³-hybridized carbons (Fsp3) is 0.0811. The van der Waals surface area contributed by atoms with Crippen molar-refractivity contribution in [3.05, 3.63) is 139 Å². The lowest BCUT2D eigenvalue weighted by Gasteiger charge is -2.23. The molecule has 0 spiro atoms. The summed E-state index contributed by atoms with van der Waals surface area (Å²) in [6.07, 6.45) is 0. The van der Waals surface area contributed by atoms with E-state index in [9.17, 15) is 8.78 Å². The fourth-order valence-corrected chi connectivity index (χ4v) is 5.22. The molecule has 0 aliphatic heterocycles. The van der Waals surface area contributed by atoms with E-state index >= 15 is 0 Å². The van der Waals surface area contributed by atoms with E-state index in [2.05, 4.69) is 100 Å². The van der Waals surface area contributed by atoms with Crippen LogP contribution in [-0.2, 0) is 0 Å². The van der Waals surface area contributed by atoms with E-state index in [0.29, 0.717) is 0 Å². The lowest BCUT2D eigenvalue weighted by molar-refractivity contribution is -0.00000914. The predicted octanol–water partition coefficient (Wildman–Crippen LogP) is 6.99. The number of rotatable bonds is 5. The van der Waals surface area contributed by atoms with Crippen molar-refractivity contribution in [2.24, 2.45) is 0 Å². The van der Waals surface area contributed by atoms with E-state index in [1.165, 1.54) is 41.1 Å². The molecule has 204 valence electrons. The van der Waals surface area contributed by atoms with E-state index in [-0.39, 0.29) is 35.6 Å². The monoisotopic (exact) mass is 653 g/mol. The Labute approximate surface area is 257 Å². The summed E-state index contributed by atoms with van der Waals surface area (Å²) in [5.74, 6) is -0.536. The summed E-state index contributed by atoms with van der Waals surface area (Å²) in [6.45, 7) is 0. The molecule has 0 amide bonds. The smallest absolute Gasteiger partial charge is 0.132 e. The molecule has 0 saturated heterocycles. The molecule has 0 heterocycles. The normalized spacial score (nSPS) is 11.3. The van der Waals surface area contributed by atoms with Crippen LogP contribution in [0.25, 0.3) is 55.3 Å². The zero-order chi connectivity index (χ0) is 27.9. The summed E-state index contributed by atoms with van der Waals surface area (Å²) in [5.41, 5.74) is 9.56. The highest BCUT2D eigenvalue weighted by Gasteiger charge is 2.14. The first kappa shape index (κ1) is 28.7. The molecule has 0 bridgehead atoms. The van der Waals surface area contributed by atoms with Crippen LogP contribution in [0.3, 0.4) is 0 Å². The summed E-state index contributed by atoms with van der Waals surface area (Å²) < 4.78 is 28.2. The van der Waals surface area contributed by atoms with Crippen LogP contribution >= 0.6 is 0 Å². The average molecular weight is 654 g/mol. The van der Waals surface area contributed by atoms with Crippen LogP contribution in [0.4, 0.5) is 14.5 Å². The van der Waals surface area contributed by atoms with Crippen molar-refractivity contribution in [3.63, 3.8) is 0 Å². The van der Waals surface area contributed by atoms with Crippen molar-refractivity contribution >= 4 is 16.5 Å². The molecule has 0 unspecified atom stereocenters. The average Bonchev–Trinajstić information content (AvgIpc) is 2.97. The zero-order valence-corrected chi connectivity index (χ0v) is 25.4. The van der Waals surface area contributed by atoms with Crippen molar-refractivity contribution in [2.75, 3.05) is 21.1 Å². The Kier molecular flexibility index (Phi) is 8.07. The summed E-state index contributed by atoms with van der Waals surface area (Å²) in [5, 5.41) is 2.30. The Morgan fingerprint density at radius 1 is 0.439 bits per heavy atom. The molecule has 1 nitrogen and oxygen atoms in total. The molecule has 0 aromatic heterocycles. The molecule has 6 aromatic carbocycles. The minimum absolute atomic E-state index is 0. The number of halogens is 3. The van der Waals surface area contributed by atoms with Gasteiger partial charge in [0.2, 0.25) is 0 Å². The van der Waals surface area contributed by atoms with Gasteiger partial charge in [-0.05, 0) is 110 Å². The molecule has 0 saturated carbocycles. The summed E-state index contributed by atoms with van der Waals surface area (Å²) in [7, 11) is 6.52. The van der Waals surface area contributed by atoms with Crippen molar-refractivity contribution in [1.29, 1.82) is 0 Å². The molecule has 0 fully saturated rings. The minimum atomic E-state index is -0.268. The minimum Gasteiger partial charge on any atom is -1.00 e. The maximum atomic E-state index is 13.7. The number of fused-ring (bicyclic) bond motifs is 1. The third kappa shape index (κ3) is 6.09. The molecule has 0 aliphatic carbocycles. The molecule has 0 N–H and O–H groups in total. The van der Waals surface area contributed by atoms with Crippen LogP contribution in [0.5, 0.6) is 0 Å². The predicted molar refractivity (Wildman–Crippen MR) is 165 cm³/mol. The van der Waals surface area contributed by atoms with Gasteiger partial charge in [-0.2, -0.15) is 0 Å². The third-order valence-electron chi connectivity index (χ3n) is 7.43. The second-order valence-electron chi connectivity index (χ2n) is 11.1. The highest BCUT2D eigenvalue weighted by Crippen LogP contribution is 2.37. The van der Waals surface area contributed by atoms with E-state index in [0.717, 1.165) is 48.6 Å². The molecule has 6 aromatic rings. The van der Waals surface area contributed by atoms with Crippen molar-refractivity contribution in [1.82, 2.24) is 4.48 Å². The first-order chi connectivity index (χ1) is 19.2. The first-order valence-corrected chi connectivity index (χ1v) is 13.4. The Morgan fingerprint density at radius 3 is 1.54 bits per heavy atom. The number of benzene rings is 6. The molecule has 41 heavy (non-hydrogen) atoms. The second kappa shape index (κ2) is 11.6. The Balaban J connectivity index is 0.00000337. The van der Waals surface area contributed by atoms with Crippen LogP contribution < -0.4 is 28.5 Å². The lowest BCUT2D eigenvalue weighted by Crippen LogP contribution is -3.00. The SMILES string of the molecule is C[N+](C)(C)c1cccc(-c2ccc3c(-c4cc(-c5ccc(F)cc5)cc(-c5ccc(F)cc5)c4)cccc3c2)c1.[I-]. The van der Waals surface area contributed by atoms with E-state index in [1.54, 1.807) is 24.3 Å². The van der Waals surface area contributed by atoms with Gasteiger partial charge < -0.3 is 24.0 Å². The van der Waals surface area contributed by atoms with Crippen LogP contribution in [0.2, 0.25) is 0 Å². The van der Waals surface area contributed by atoms with Gasteiger partial charge in [0.05, 0.1) is 21.1 Å². The molecular formula is C37H30F2IN. The Hall–Kier alpha value is -3.87. The Morgan fingerprint density at radius 2 is 0.951 bits per heavy atom. The van der Waals surface area contributed by atoms with E-state index < -0.39 is 0 Å². The van der Waals surface area contributed by atoms with E-state index in [1.807, 2.05) is 0 Å². The standard InChI is InChI=1S/C37H30F2N.HI/c1-40(2,3)35-8-4-6-27(24-35)28-14-19-37-29(20-28)7-5-9-36(37)32-22-30(25-10-15-33(38)16-11-25)21-31(23-32)26-12-17-34(39)18-13-26;/h4-24H,1-3H3;1H/q+1;/p-1. The number of nitrogens with zero attached hydrogens (tertiary/aromatic N) is 1. The zero-order valence-electron chi connectivity index (χ0n) is 23.2. The molecule has 0 atom stereocenters. The van der Waals surface area contributed by atoms with Gasteiger partial charge in [-0.3, -0.25) is 4.48 Å². The van der Waals surface area contributed by atoms with Gasteiger partial charge in [0.15, 0.2) is 0 Å². The van der Waals surface area contributed by atoms with Gasteiger partial charge in [0, 0.05) is 6.07 Å². The molecule has 0 aliphatic rings. The molecular weight excluding hydrogens is 623 g/mol. The number of quaternary nitrogens is 1. The van der Waals surface area contributed by atoms with Crippen LogP contribution in [0.1, 0.15) is 0 Å². The lowest BCUT2D eigenvalue weighted by atomic mass is 9.90. The second-order valence-corrected chi connectivity index (χ2v) is 11.1. The van der Waals surface area contributed by atoms with Crippen LogP contribution in [0, 0.1) is 11.6 Å². The van der Waals surface area contributed by atoms with Gasteiger partial charge >= 0.3 is 0 Å². The third-order valence-corrected chi connectivity index (χ3v) is 7.43. The van der Waals surface area contributed by atoms with Crippen molar-refractivity contribution < 1.29 is 32.8 Å². The molecule has 4 heteroatoms. The maximum absolute atomic E-state index is 13.7. The maximum Gasteiger partial charge on any atom is 0.132 e. The van der Waals surface area contributed by atoms with Gasteiger partial charge in [-0.15, -0.1) is 0 Å². The largest absolute Gasteiger partial charge is 1.00 e. The summed E-state index contributed by atoms with van der Waals surface area (Å²) in [4.78, 5) is 0. The van der Waals surface area contributed by atoms with Crippen LogP contribution in [0.15, 0.2) is 127 Å². The van der Waals surface area contributed by atoms with Gasteiger partial charge in [-0.1, -0.05) is 66.7 Å². The molecule has 6 rings (SSSR count).